The zero-order valence-electron chi connectivity index (χ0n) is 11.7. The number of aromatic nitrogens is 2. The smallest absolute Gasteiger partial charge is 0.341 e. The summed E-state index contributed by atoms with van der Waals surface area (Å²) in [5.41, 5.74) is 0.830. The Morgan fingerprint density at radius 3 is 2.67 bits per heavy atom. The quantitative estimate of drug-likeness (QED) is 0.733. The van der Waals surface area contributed by atoms with E-state index in [2.05, 4.69) is 24.3 Å². The molecule has 1 aromatic heterocycles. The minimum Gasteiger partial charge on any atom is -0.477 e. The molecule has 0 fully saturated rings. The van der Waals surface area contributed by atoms with E-state index in [1.54, 1.807) is 18.7 Å². The maximum atomic E-state index is 11.1. The topological polar surface area (TPSA) is 67.2 Å². The molecule has 0 atom stereocenters. The highest BCUT2D eigenvalue weighted by molar-refractivity contribution is 5.94. The number of rotatable bonds is 7. The molecule has 0 unspecified atom stereocenters. The van der Waals surface area contributed by atoms with Crippen LogP contribution in [0.2, 0.25) is 0 Å². The molecule has 0 aliphatic rings. The lowest BCUT2D eigenvalue weighted by Crippen LogP contribution is -2.10. The number of aromatic carboxylic acids is 1. The van der Waals surface area contributed by atoms with E-state index in [9.17, 15) is 4.79 Å². The lowest BCUT2D eigenvalue weighted by molar-refractivity contribution is 0.0697. The van der Waals surface area contributed by atoms with Gasteiger partial charge in [-0.1, -0.05) is 26.7 Å². The van der Waals surface area contributed by atoms with Crippen LogP contribution in [-0.4, -0.2) is 27.4 Å². The monoisotopic (exact) mass is 253 g/mol. The van der Waals surface area contributed by atoms with Crippen LogP contribution in [0.5, 0.6) is 0 Å². The molecule has 2 N–H and O–H groups in total. The Morgan fingerprint density at radius 1 is 1.44 bits per heavy atom. The molecule has 1 rings (SSSR count). The first-order valence-corrected chi connectivity index (χ1v) is 6.44. The van der Waals surface area contributed by atoms with Gasteiger partial charge in [0.1, 0.15) is 11.4 Å². The van der Waals surface area contributed by atoms with Gasteiger partial charge in [0.05, 0.1) is 5.69 Å². The van der Waals surface area contributed by atoms with Crippen LogP contribution >= 0.6 is 0 Å². The third-order valence-corrected chi connectivity index (χ3v) is 2.94. The van der Waals surface area contributed by atoms with E-state index in [0.717, 1.165) is 25.3 Å². The Balaban J connectivity index is 2.54. The third-order valence-electron chi connectivity index (χ3n) is 2.94. The van der Waals surface area contributed by atoms with Gasteiger partial charge in [-0.05, 0) is 19.3 Å². The van der Waals surface area contributed by atoms with E-state index in [-0.39, 0.29) is 5.56 Å². The molecule has 18 heavy (non-hydrogen) atoms. The highest BCUT2D eigenvalue weighted by atomic mass is 16.4. The summed E-state index contributed by atoms with van der Waals surface area (Å²) in [7, 11) is 1.76. The molecular formula is C13H23N3O2. The Kier molecular flexibility index (Phi) is 5.19. The molecule has 0 aliphatic heterocycles. The lowest BCUT2D eigenvalue weighted by Gasteiger charge is -2.08. The SMILES string of the molecule is Cc1nn(C)c(NCCCCC(C)C)c1C(=O)O. The summed E-state index contributed by atoms with van der Waals surface area (Å²) in [4.78, 5) is 11.1. The molecule has 0 spiro atoms. The molecule has 0 amide bonds. The van der Waals surface area contributed by atoms with Gasteiger partial charge in [0, 0.05) is 13.6 Å². The molecule has 5 heteroatoms. The highest BCUT2D eigenvalue weighted by Crippen LogP contribution is 2.18. The number of anilines is 1. The Bertz CT molecular complexity index is 411. The van der Waals surface area contributed by atoms with Crippen molar-refractivity contribution in [3.63, 3.8) is 0 Å². The van der Waals surface area contributed by atoms with Gasteiger partial charge in [0.15, 0.2) is 0 Å². The van der Waals surface area contributed by atoms with Gasteiger partial charge >= 0.3 is 5.97 Å². The standard InChI is InChI=1S/C13H23N3O2/c1-9(2)7-5-6-8-14-12-11(13(17)18)10(3)15-16(12)4/h9,14H,5-8H2,1-4H3,(H,17,18). The van der Waals surface area contributed by atoms with Crippen LogP contribution in [0.1, 0.15) is 49.2 Å². The molecule has 0 radical (unpaired) electrons. The van der Waals surface area contributed by atoms with Crippen molar-refractivity contribution in [3.05, 3.63) is 11.3 Å². The minimum absolute atomic E-state index is 0.279. The number of hydrogen-bond donors (Lipinski definition) is 2. The summed E-state index contributed by atoms with van der Waals surface area (Å²) in [5, 5.41) is 16.5. The maximum absolute atomic E-state index is 11.1. The van der Waals surface area contributed by atoms with E-state index in [1.807, 2.05) is 0 Å². The van der Waals surface area contributed by atoms with Crippen molar-refractivity contribution >= 4 is 11.8 Å². The van der Waals surface area contributed by atoms with Gasteiger partial charge < -0.3 is 10.4 Å². The summed E-state index contributed by atoms with van der Waals surface area (Å²) in [6.07, 6.45) is 3.41. The molecule has 0 saturated heterocycles. The first-order valence-electron chi connectivity index (χ1n) is 6.44. The van der Waals surface area contributed by atoms with Crippen molar-refractivity contribution < 1.29 is 9.90 Å². The zero-order valence-corrected chi connectivity index (χ0v) is 11.7. The van der Waals surface area contributed by atoms with Crippen molar-refractivity contribution in [1.82, 2.24) is 9.78 Å². The van der Waals surface area contributed by atoms with Crippen molar-refractivity contribution in [2.75, 3.05) is 11.9 Å². The van der Waals surface area contributed by atoms with Crippen LogP contribution in [0.15, 0.2) is 0 Å². The molecule has 5 nitrogen and oxygen atoms in total. The van der Waals surface area contributed by atoms with Crippen molar-refractivity contribution in [1.29, 1.82) is 0 Å². The fraction of sp³-hybridized carbons (Fsp3) is 0.692. The van der Waals surface area contributed by atoms with Crippen LogP contribution in [-0.2, 0) is 7.05 Å². The first-order chi connectivity index (χ1) is 8.43. The summed E-state index contributed by atoms with van der Waals surface area (Å²) < 4.78 is 1.60. The van der Waals surface area contributed by atoms with E-state index >= 15 is 0 Å². The van der Waals surface area contributed by atoms with Gasteiger partial charge in [-0.3, -0.25) is 4.68 Å². The summed E-state index contributed by atoms with van der Waals surface area (Å²) in [5.74, 6) is 0.397. The predicted octanol–water partition coefficient (Wildman–Crippen LogP) is 2.66. The van der Waals surface area contributed by atoms with Gasteiger partial charge in [0.2, 0.25) is 0 Å². The lowest BCUT2D eigenvalue weighted by atomic mass is 10.1. The molecule has 0 saturated carbocycles. The van der Waals surface area contributed by atoms with Crippen LogP contribution < -0.4 is 5.32 Å². The second-order valence-electron chi connectivity index (χ2n) is 5.05. The average molecular weight is 253 g/mol. The van der Waals surface area contributed by atoms with Gasteiger partial charge in [-0.15, -0.1) is 0 Å². The van der Waals surface area contributed by atoms with Gasteiger partial charge in [-0.25, -0.2) is 4.79 Å². The van der Waals surface area contributed by atoms with Crippen LogP contribution in [0.25, 0.3) is 0 Å². The number of carbonyl (C=O) groups is 1. The van der Waals surface area contributed by atoms with Crippen LogP contribution in [0.4, 0.5) is 5.82 Å². The summed E-state index contributed by atoms with van der Waals surface area (Å²) in [6, 6.07) is 0. The Hall–Kier alpha value is -1.52. The number of unbranched alkanes of at least 4 members (excludes halogenated alkanes) is 1. The summed E-state index contributed by atoms with van der Waals surface area (Å²) >= 11 is 0. The predicted molar refractivity (Wildman–Crippen MR) is 72.1 cm³/mol. The number of nitrogens with one attached hydrogen (secondary N) is 1. The largest absolute Gasteiger partial charge is 0.477 e. The second kappa shape index (κ2) is 6.42. The van der Waals surface area contributed by atoms with Gasteiger partial charge in [-0.2, -0.15) is 5.10 Å². The van der Waals surface area contributed by atoms with E-state index in [4.69, 9.17) is 5.11 Å². The molecule has 0 aromatic carbocycles. The molecule has 1 aromatic rings. The maximum Gasteiger partial charge on any atom is 0.341 e. The average Bonchev–Trinajstić information content (AvgIpc) is 2.52. The van der Waals surface area contributed by atoms with E-state index in [1.165, 1.54) is 6.42 Å². The van der Waals surface area contributed by atoms with Crippen LogP contribution in [0, 0.1) is 12.8 Å². The first kappa shape index (κ1) is 14.5. The molecule has 0 bridgehead atoms. The van der Waals surface area contributed by atoms with Crippen molar-refractivity contribution in [2.45, 2.75) is 40.0 Å². The van der Waals surface area contributed by atoms with E-state index < -0.39 is 5.97 Å². The molecular weight excluding hydrogens is 230 g/mol. The molecule has 102 valence electrons. The third kappa shape index (κ3) is 3.75. The normalized spacial score (nSPS) is 10.9. The Labute approximate surface area is 108 Å². The van der Waals surface area contributed by atoms with Crippen molar-refractivity contribution in [3.8, 4) is 0 Å². The highest BCUT2D eigenvalue weighted by Gasteiger charge is 2.18. The fourth-order valence-electron chi connectivity index (χ4n) is 2.00. The number of carboxylic acids is 1. The molecule has 0 aliphatic carbocycles. The number of carboxylic acid groups (broad SMARTS) is 1. The minimum atomic E-state index is -0.926. The Morgan fingerprint density at radius 2 is 2.11 bits per heavy atom. The van der Waals surface area contributed by atoms with Crippen molar-refractivity contribution in [2.24, 2.45) is 13.0 Å². The van der Waals surface area contributed by atoms with E-state index in [0.29, 0.717) is 11.5 Å². The molecule has 1 heterocycles. The van der Waals surface area contributed by atoms with Gasteiger partial charge in [0.25, 0.3) is 0 Å². The van der Waals surface area contributed by atoms with Crippen LogP contribution in [0.3, 0.4) is 0 Å². The number of aryl methyl sites for hydroxylation is 2. The second-order valence-corrected chi connectivity index (χ2v) is 5.05. The number of nitrogens with zero attached hydrogens (tertiary/aromatic N) is 2. The number of hydrogen-bond acceptors (Lipinski definition) is 3. The summed E-state index contributed by atoms with van der Waals surface area (Å²) in [6.45, 7) is 6.92. The zero-order chi connectivity index (χ0) is 13.7. The fourth-order valence-corrected chi connectivity index (χ4v) is 2.00.